The van der Waals surface area contributed by atoms with Crippen LogP contribution in [-0.4, -0.2) is 49.6 Å². The van der Waals surface area contributed by atoms with Crippen molar-refractivity contribution in [2.45, 2.75) is 45.3 Å². The highest BCUT2D eigenvalue weighted by molar-refractivity contribution is 5.69. The standard InChI is InChI=1S/C15H25N3O3/c1-10(2)14-13-12(16-9-17-13)5-6-18(14)15(19)21-8-11-4-3-7-20-11/h10-11,14,16-17H,3-9H2,1-2H3. The molecule has 6 nitrogen and oxygen atoms in total. The van der Waals surface area contributed by atoms with Crippen molar-refractivity contribution in [2.24, 2.45) is 5.92 Å². The Hall–Kier alpha value is -1.43. The predicted octanol–water partition coefficient (Wildman–Crippen LogP) is 1.39. The van der Waals surface area contributed by atoms with Gasteiger partial charge in [-0.25, -0.2) is 4.79 Å². The molecule has 2 N–H and O–H groups in total. The minimum Gasteiger partial charge on any atom is -0.447 e. The van der Waals surface area contributed by atoms with Gasteiger partial charge in [-0.1, -0.05) is 13.8 Å². The average Bonchev–Trinajstić information content (AvgIpc) is 3.14. The normalized spacial score (nSPS) is 28.4. The number of nitrogens with one attached hydrogen (secondary N) is 2. The average molecular weight is 295 g/mol. The fraction of sp³-hybridized carbons (Fsp3) is 0.800. The maximum atomic E-state index is 12.4. The Balaban J connectivity index is 1.64. The van der Waals surface area contributed by atoms with Crippen LogP contribution in [0.15, 0.2) is 11.4 Å². The van der Waals surface area contributed by atoms with Gasteiger partial charge in [0.05, 0.1) is 24.5 Å². The van der Waals surface area contributed by atoms with Gasteiger partial charge >= 0.3 is 6.09 Å². The zero-order valence-corrected chi connectivity index (χ0v) is 12.9. The molecule has 1 saturated heterocycles. The number of carbonyl (C=O) groups is 1. The number of amides is 1. The van der Waals surface area contributed by atoms with Crippen molar-refractivity contribution in [3.63, 3.8) is 0 Å². The van der Waals surface area contributed by atoms with Gasteiger partial charge in [-0.2, -0.15) is 0 Å². The van der Waals surface area contributed by atoms with Crippen LogP contribution in [0.5, 0.6) is 0 Å². The van der Waals surface area contributed by atoms with Crippen molar-refractivity contribution in [1.82, 2.24) is 15.5 Å². The summed E-state index contributed by atoms with van der Waals surface area (Å²) in [6.07, 6.45) is 2.77. The van der Waals surface area contributed by atoms with Crippen LogP contribution in [0.25, 0.3) is 0 Å². The van der Waals surface area contributed by atoms with Crippen LogP contribution >= 0.6 is 0 Å². The van der Waals surface area contributed by atoms with Crippen molar-refractivity contribution in [3.8, 4) is 0 Å². The van der Waals surface area contributed by atoms with Gasteiger partial charge in [0.15, 0.2) is 0 Å². The van der Waals surface area contributed by atoms with Gasteiger partial charge in [-0.3, -0.25) is 4.90 Å². The second-order valence-electron chi connectivity index (χ2n) is 6.27. The molecule has 6 heteroatoms. The molecular weight excluding hydrogens is 270 g/mol. The summed E-state index contributed by atoms with van der Waals surface area (Å²) in [5.41, 5.74) is 2.40. The number of rotatable bonds is 3. The third-order valence-electron chi connectivity index (χ3n) is 4.42. The molecule has 0 spiro atoms. The van der Waals surface area contributed by atoms with Crippen LogP contribution < -0.4 is 10.6 Å². The largest absolute Gasteiger partial charge is 0.447 e. The molecule has 3 aliphatic heterocycles. The van der Waals surface area contributed by atoms with Crippen LogP contribution in [0, 0.1) is 5.92 Å². The van der Waals surface area contributed by atoms with Gasteiger partial charge in [-0.05, 0) is 18.8 Å². The maximum Gasteiger partial charge on any atom is 0.410 e. The molecule has 0 aromatic rings. The molecule has 3 heterocycles. The Morgan fingerprint density at radius 2 is 2.33 bits per heavy atom. The van der Waals surface area contributed by atoms with Gasteiger partial charge in [-0.15, -0.1) is 0 Å². The predicted molar refractivity (Wildman–Crippen MR) is 78.4 cm³/mol. The Morgan fingerprint density at radius 3 is 3.05 bits per heavy atom. The van der Waals surface area contributed by atoms with Gasteiger partial charge in [0.25, 0.3) is 0 Å². The number of nitrogens with zero attached hydrogens (tertiary/aromatic N) is 1. The van der Waals surface area contributed by atoms with E-state index in [2.05, 4.69) is 24.5 Å². The Bertz CT molecular complexity index is 430. The van der Waals surface area contributed by atoms with Crippen molar-refractivity contribution >= 4 is 6.09 Å². The molecule has 0 aromatic carbocycles. The molecule has 0 aromatic heterocycles. The highest BCUT2D eigenvalue weighted by Gasteiger charge is 2.37. The number of hydrogen-bond donors (Lipinski definition) is 2. The molecule has 3 rings (SSSR count). The summed E-state index contributed by atoms with van der Waals surface area (Å²) in [5.74, 6) is 0.345. The fourth-order valence-corrected chi connectivity index (χ4v) is 3.40. The summed E-state index contributed by atoms with van der Waals surface area (Å²) in [6.45, 7) is 6.90. The highest BCUT2D eigenvalue weighted by Crippen LogP contribution is 2.28. The second-order valence-corrected chi connectivity index (χ2v) is 6.27. The first-order chi connectivity index (χ1) is 10.2. The van der Waals surface area contributed by atoms with Crippen LogP contribution in [0.1, 0.15) is 33.1 Å². The summed E-state index contributed by atoms with van der Waals surface area (Å²) in [6, 6.07) is 0.0701. The smallest absolute Gasteiger partial charge is 0.410 e. The molecule has 2 unspecified atom stereocenters. The molecule has 0 aliphatic carbocycles. The number of hydrogen-bond acceptors (Lipinski definition) is 5. The Morgan fingerprint density at radius 1 is 1.48 bits per heavy atom. The van der Waals surface area contributed by atoms with Gasteiger partial charge < -0.3 is 20.1 Å². The molecular formula is C15H25N3O3. The van der Waals surface area contributed by atoms with E-state index < -0.39 is 0 Å². The summed E-state index contributed by atoms with van der Waals surface area (Å²) in [7, 11) is 0. The van der Waals surface area contributed by atoms with Crippen molar-refractivity contribution < 1.29 is 14.3 Å². The third kappa shape index (κ3) is 2.95. The van der Waals surface area contributed by atoms with E-state index in [1.54, 1.807) is 0 Å². The molecule has 21 heavy (non-hydrogen) atoms. The van der Waals surface area contributed by atoms with Crippen LogP contribution in [0.3, 0.4) is 0 Å². The first-order valence-electron chi connectivity index (χ1n) is 7.92. The lowest BCUT2D eigenvalue weighted by atomic mass is 9.94. The molecule has 0 bridgehead atoms. The summed E-state index contributed by atoms with van der Waals surface area (Å²) >= 11 is 0. The van der Waals surface area contributed by atoms with E-state index in [1.807, 2.05) is 4.90 Å². The lowest BCUT2D eigenvalue weighted by Crippen LogP contribution is -2.50. The molecule has 0 saturated carbocycles. The molecule has 1 amide bonds. The fourth-order valence-electron chi connectivity index (χ4n) is 3.40. The molecule has 1 fully saturated rings. The van der Waals surface area contributed by atoms with E-state index in [0.717, 1.165) is 38.2 Å². The van der Waals surface area contributed by atoms with Crippen molar-refractivity contribution in [3.05, 3.63) is 11.4 Å². The quantitative estimate of drug-likeness (QED) is 0.824. The molecule has 0 radical (unpaired) electrons. The van der Waals surface area contributed by atoms with Crippen LogP contribution in [0.4, 0.5) is 4.79 Å². The zero-order chi connectivity index (χ0) is 14.8. The minimum absolute atomic E-state index is 0.0701. The summed E-state index contributed by atoms with van der Waals surface area (Å²) < 4.78 is 11.0. The highest BCUT2D eigenvalue weighted by atomic mass is 16.6. The first-order valence-corrected chi connectivity index (χ1v) is 7.92. The van der Waals surface area contributed by atoms with Crippen LogP contribution in [0.2, 0.25) is 0 Å². The van der Waals surface area contributed by atoms with E-state index in [-0.39, 0.29) is 18.2 Å². The lowest BCUT2D eigenvalue weighted by Gasteiger charge is -2.38. The summed E-state index contributed by atoms with van der Waals surface area (Å²) in [5, 5.41) is 6.72. The van der Waals surface area contributed by atoms with Gasteiger partial charge in [0, 0.05) is 25.3 Å². The van der Waals surface area contributed by atoms with Crippen LogP contribution in [-0.2, 0) is 9.47 Å². The SMILES string of the molecule is CC(C)C1C2=C(CCN1C(=O)OCC1CCCO1)NCN2. The lowest BCUT2D eigenvalue weighted by molar-refractivity contribution is 0.0223. The van der Waals surface area contributed by atoms with E-state index in [4.69, 9.17) is 9.47 Å². The van der Waals surface area contributed by atoms with Gasteiger partial charge in [0.2, 0.25) is 0 Å². The second kappa shape index (κ2) is 6.13. The Labute approximate surface area is 125 Å². The topological polar surface area (TPSA) is 62.8 Å². The van der Waals surface area contributed by atoms with E-state index in [0.29, 0.717) is 19.1 Å². The Kier molecular flexibility index (Phi) is 4.24. The molecule has 2 atom stereocenters. The van der Waals surface area contributed by atoms with E-state index in [1.165, 1.54) is 5.70 Å². The third-order valence-corrected chi connectivity index (χ3v) is 4.42. The van der Waals surface area contributed by atoms with Crippen molar-refractivity contribution in [2.75, 3.05) is 26.4 Å². The van der Waals surface area contributed by atoms with Crippen molar-refractivity contribution in [1.29, 1.82) is 0 Å². The minimum atomic E-state index is -0.218. The molecule has 118 valence electrons. The zero-order valence-electron chi connectivity index (χ0n) is 12.9. The number of ether oxygens (including phenoxy) is 2. The maximum absolute atomic E-state index is 12.4. The monoisotopic (exact) mass is 295 g/mol. The number of carbonyl (C=O) groups excluding carboxylic acids is 1. The molecule has 3 aliphatic rings. The first kappa shape index (κ1) is 14.5. The van der Waals surface area contributed by atoms with Gasteiger partial charge in [0.1, 0.15) is 6.61 Å². The summed E-state index contributed by atoms with van der Waals surface area (Å²) in [4.78, 5) is 14.3. The van der Waals surface area contributed by atoms with E-state index in [9.17, 15) is 4.79 Å². The van der Waals surface area contributed by atoms with E-state index >= 15 is 0 Å².